The predicted molar refractivity (Wildman–Crippen MR) is 92.1 cm³/mol. The predicted octanol–water partition coefficient (Wildman–Crippen LogP) is 4.71. The lowest BCUT2D eigenvalue weighted by molar-refractivity contribution is -0.183. The maximum atomic E-state index is 12.9. The highest BCUT2D eigenvalue weighted by Crippen LogP contribution is 2.37. The first kappa shape index (κ1) is 19.6. The molecule has 1 heterocycles. The van der Waals surface area contributed by atoms with E-state index in [1.54, 1.807) is 5.38 Å². The Balaban J connectivity index is 1.53. The molecule has 1 aliphatic carbocycles. The summed E-state index contributed by atoms with van der Waals surface area (Å²) >= 11 is 1.22. The van der Waals surface area contributed by atoms with E-state index in [1.807, 2.05) is 0 Å². The zero-order chi connectivity index (χ0) is 19.4. The number of ether oxygens (including phenoxy) is 1. The molecule has 0 radical (unpaired) electrons. The van der Waals surface area contributed by atoms with E-state index in [4.69, 9.17) is 4.74 Å². The number of hydrogen-bond acceptors (Lipinski definition) is 4. The smallest absolute Gasteiger partial charge is 0.391 e. The number of amides is 1. The average Bonchev–Trinajstić information content (AvgIpc) is 3.10. The van der Waals surface area contributed by atoms with Gasteiger partial charge in [0.1, 0.15) is 28.9 Å². The van der Waals surface area contributed by atoms with Crippen LogP contribution in [0, 0.1) is 11.7 Å². The van der Waals surface area contributed by atoms with Crippen LogP contribution in [0.15, 0.2) is 29.6 Å². The number of thiazole rings is 1. The number of alkyl halides is 3. The molecular weight excluding hydrogens is 384 g/mol. The summed E-state index contributed by atoms with van der Waals surface area (Å²) in [5.41, 5.74) is 0.159. The van der Waals surface area contributed by atoms with Crippen LogP contribution in [0.1, 0.15) is 41.2 Å². The molecule has 2 atom stereocenters. The zero-order valence-electron chi connectivity index (χ0n) is 14.3. The molecule has 1 fully saturated rings. The Labute approximate surface area is 157 Å². The van der Waals surface area contributed by atoms with Crippen molar-refractivity contribution >= 4 is 17.2 Å². The van der Waals surface area contributed by atoms with Crippen LogP contribution in [0.2, 0.25) is 0 Å². The van der Waals surface area contributed by atoms with Crippen LogP contribution in [0.5, 0.6) is 5.75 Å². The van der Waals surface area contributed by atoms with E-state index in [0.29, 0.717) is 23.6 Å². The summed E-state index contributed by atoms with van der Waals surface area (Å²) in [5, 5.41) is 4.74. The first-order valence-electron chi connectivity index (χ1n) is 8.51. The normalized spacial score (nSPS) is 20.3. The quantitative estimate of drug-likeness (QED) is 0.737. The Morgan fingerprint density at radius 1 is 1.26 bits per heavy atom. The molecule has 1 aromatic heterocycles. The van der Waals surface area contributed by atoms with Crippen molar-refractivity contribution in [3.63, 3.8) is 0 Å². The van der Waals surface area contributed by atoms with E-state index in [2.05, 4.69) is 10.3 Å². The van der Waals surface area contributed by atoms with E-state index in [0.717, 1.165) is 0 Å². The fraction of sp³-hybridized carbons (Fsp3) is 0.444. The van der Waals surface area contributed by atoms with Gasteiger partial charge in [-0.25, -0.2) is 9.37 Å². The monoisotopic (exact) mass is 402 g/mol. The van der Waals surface area contributed by atoms with Gasteiger partial charge in [0.25, 0.3) is 5.91 Å². The largest absolute Gasteiger partial charge is 0.486 e. The third-order valence-electron chi connectivity index (χ3n) is 4.43. The average molecular weight is 402 g/mol. The Morgan fingerprint density at radius 2 is 2.00 bits per heavy atom. The van der Waals surface area contributed by atoms with Gasteiger partial charge in [-0.15, -0.1) is 11.3 Å². The first-order chi connectivity index (χ1) is 12.8. The molecule has 1 aliphatic rings. The standard InChI is InChI=1S/C18H18F4N2O2S/c19-12-4-6-14(7-5-12)26-9-16-24-15(10-27-16)17(25)23-13-3-1-2-11(8-13)18(20,21)22/h4-7,10-11,13H,1-3,8-9H2,(H,23,25). The van der Waals surface area contributed by atoms with Crippen LogP contribution in [0.3, 0.4) is 0 Å². The van der Waals surface area contributed by atoms with Crippen molar-refractivity contribution in [2.24, 2.45) is 5.92 Å². The van der Waals surface area contributed by atoms with Crippen molar-refractivity contribution < 1.29 is 27.1 Å². The molecule has 2 unspecified atom stereocenters. The molecule has 1 N–H and O–H groups in total. The minimum Gasteiger partial charge on any atom is -0.486 e. The summed E-state index contributed by atoms with van der Waals surface area (Å²) in [6.07, 6.45) is -3.25. The summed E-state index contributed by atoms with van der Waals surface area (Å²) in [7, 11) is 0. The van der Waals surface area contributed by atoms with E-state index < -0.39 is 24.0 Å². The molecule has 0 bridgehead atoms. The maximum Gasteiger partial charge on any atom is 0.391 e. The van der Waals surface area contributed by atoms with Gasteiger partial charge in [-0.3, -0.25) is 4.79 Å². The van der Waals surface area contributed by atoms with Crippen molar-refractivity contribution in [2.45, 2.75) is 44.5 Å². The third-order valence-corrected chi connectivity index (χ3v) is 5.25. The molecule has 1 amide bonds. The van der Waals surface area contributed by atoms with Gasteiger partial charge >= 0.3 is 6.18 Å². The van der Waals surface area contributed by atoms with Crippen LogP contribution in [-0.2, 0) is 6.61 Å². The number of nitrogens with zero attached hydrogens (tertiary/aromatic N) is 1. The van der Waals surface area contributed by atoms with Gasteiger partial charge in [0.05, 0.1) is 5.92 Å². The van der Waals surface area contributed by atoms with Crippen LogP contribution in [-0.4, -0.2) is 23.1 Å². The number of hydrogen-bond donors (Lipinski definition) is 1. The third kappa shape index (κ3) is 5.41. The van der Waals surface area contributed by atoms with E-state index in [1.165, 1.54) is 35.6 Å². The van der Waals surface area contributed by atoms with Crippen molar-refractivity contribution in [1.82, 2.24) is 10.3 Å². The van der Waals surface area contributed by atoms with Crippen LogP contribution < -0.4 is 10.1 Å². The highest BCUT2D eigenvalue weighted by molar-refractivity contribution is 7.09. The zero-order valence-corrected chi connectivity index (χ0v) is 15.1. The summed E-state index contributed by atoms with van der Waals surface area (Å²) in [4.78, 5) is 16.4. The maximum absolute atomic E-state index is 12.9. The number of benzene rings is 1. The second-order valence-electron chi connectivity index (χ2n) is 6.44. The van der Waals surface area contributed by atoms with Crippen LogP contribution in [0.25, 0.3) is 0 Å². The molecule has 2 aromatic rings. The molecule has 27 heavy (non-hydrogen) atoms. The van der Waals surface area contributed by atoms with Gasteiger partial charge in [0, 0.05) is 11.4 Å². The summed E-state index contributed by atoms with van der Waals surface area (Å²) in [6, 6.07) is 5.01. The second kappa shape index (κ2) is 8.24. The SMILES string of the molecule is O=C(NC1CCCC(C(F)(F)F)C1)c1csc(COc2ccc(F)cc2)n1. The molecule has 0 saturated heterocycles. The fourth-order valence-electron chi connectivity index (χ4n) is 3.03. The van der Waals surface area contributed by atoms with E-state index in [-0.39, 0.29) is 31.0 Å². The van der Waals surface area contributed by atoms with Crippen molar-refractivity contribution in [3.8, 4) is 5.75 Å². The molecule has 0 aliphatic heterocycles. The number of halogens is 4. The Kier molecular flexibility index (Phi) is 5.98. The van der Waals surface area contributed by atoms with Gasteiger partial charge in [-0.05, 0) is 43.5 Å². The van der Waals surface area contributed by atoms with Crippen molar-refractivity contribution in [2.75, 3.05) is 0 Å². The molecule has 146 valence electrons. The number of carbonyl (C=O) groups excluding carboxylic acids is 1. The minimum absolute atomic E-state index is 0.0973. The number of carbonyl (C=O) groups is 1. The second-order valence-corrected chi connectivity index (χ2v) is 7.39. The van der Waals surface area contributed by atoms with Crippen molar-refractivity contribution in [1.29, 1.82) is 0 Å². The van der Waals surface area contributed by atoms with Crippen LogP contribution in [0.4, 0.5) is 17.6 Å². The summed E-state index contributed by atoms with van der Waals surface area (Å²) in [6.45, 7) is 0.114. The van der Waals surface area contributed by atoms with E-state index >= 15 is 0 Å². The lowest BCUT2D eigenvalue weighted by Gasteiger charge is -2.30. The van der Waals surface area contributed by atoms with Gasteiger partial charge < -0.3 is 10.1 Å². The number of nitrogens with one attached hydrogen (secondary N) is 1. The van der Waals surface area contributed by atoms with Gasteiger partial charge in [-0.1, -0.05) is 6.42 Å². The van der Waals surface area contributed by atoms with Crippen LogP contribution >= 0.6 is 11.3 Å². The molecule has 4 nitrogen and oxygen atoms in total. The number of rotatable bonds is 5. The molecule has 1 saturated carbocycles. The number of aromatic nitrogens is 1. The van der Waals surface area contributed by atoms with Gasteiger partial charge in [0.2, 0.25) is 0 Å². The Hall–Kier alpha value is -2.16. The van der Waals surface area contributed by atoms with Gasteiger partial charge in [0.15, 0.2) is 0 Å². The highest BCUT2D eigenvalue weighted by atomic mass is 32.1. The highest BCUT2D eigenvalue weighted by Gasteiger charge is 2.42. The Morgan fingerprint density at radius 3 is 2.70 bits per heavy atom. The molecule has 3 rings (SSSR count). The molecular formula is C18H18F4N2O2S. The Bertz CT molecular complexity index is 776. The lowest BCUT2D eigenvalue weighted by atomic mass is 9.85. The molecule has 9 heteroatoms. The van der Waals surface area contributed by atoms with E-state index in [9.17, 15) is 22.4 Å². The molecule has 0 spiro atoms. The minimum atomic E-state index is -4.23. The topological polar surface area (TPSA) is 51.2 Å². The summed E-state index contributed by atoms with van der Waals surface area (Å²) in [5.74, 6) is -1.75. The molecule has 1 aromatic carbocycles. The summed E-state index contributed by atoms with van der Waals surface area (Å²) < 4.78 is 56.9. The first-order valence-corrected chi connectivity index (χ1v) is 9.39. The fourth-order valence-corrected chi connectivity index (χ4v) is 3.72. The van der Waals surface area contributed by atoms with Crippen molar-refractivity contribution in [3.05, 3.63) is 46.2 Å². The lowest BCUT2D eigenvalue weighted by Crippen LogP contribution is -2.41. The van der Waals surface area contributed by atoms with Gasteiger partial charge in [-0.2, -0.15) is 13.2 Å².